The molecule has 2 atom stereocenters. The quantitative estimate of drug-likeness (QED) is 0.815. The van der Waals surface area contributed by atoms with Crippen molar-refractivity contribution >= 4 is 5.82 Å². The van der Waals surface area contributed by atoms with Crippen LogP contribution in [-0.4, -0.2) is 58.9 Å². The first-order chi connectivity index (χ1) is 9.02. The van der Waals surface area contributed by atoms with Crippen LogP contribution >= 0.6 is 0 Å². The third-order valence-electron chi connectivity index (χ3n) is 3.48. The highest BCUT2D eigenvalue weighted by atomic mass is 16.3. The topological polar surface area (TPSA) is 61.6 Å². The third kappa shape index (κ3) is 2.96. The molecule has 1 aromatic heterocycles. The van der Waals surface area contributed by atoms with Gasteiger partial charge in [-0.3, -0.25) is 4.79 Å². The maximum absolute atomic E-state index is 12.3. The second-order valence-electron chi connectivity index (χ2n) is 5.30. The van der Waals surface area contributed by atoms with Crippen molar-refractivity contribution in [1.29, 1.82) is 0 Å². The van der Waals surface area contributed by atoms with Crippen molar-refractivity contribution in [2.45, 2.75) is 32.0 Å². The van der Waals surface area contributed by atoms with E-state index in [0.29, 0.717) is 25.3 Å². The molecular formula is C13H22N4O2. The van der Waals surface area contributed by atoms with Crippen LogP contribution in [0.4, 0.5) is 5.82 Å². The number of hydrogen-bond acceptors (Lipinski definition) is 5. The Morgan fingerprint density at radius 2 is 2.26 bits per heavy atom. The van der Waals surface area contributed by atoms with Gasteiger partial charge in [-0.25, -0.2) is 4.98 Å². The van der Waals surface area contributed by atoms with Gasteiger partial charge in [0.15, 0.2) is 5.82 Å². The summed E-state index contributed by atoms with van der Waals surface area (Å²) in [4.78, 5) is 20.5. The molecule has 0 radical (unpaired) electrons. The highest BCUT2D eigenvalue weighted by Crippen LogP contribution is 2.22. The number of aromatic nitrogens is 2. The van der Waals surface area contributed by atoms with Gasteiger partial charge in [0.1, 0.15) is 0 Å². The molecule has 2 heterocycles. The average molecular weight is 266 g/mol. The fourth-order valence-corrected chi connectivity index (χ4v) is 2.63. The number of hydrogen-bond donors (Lipinski definition) is 1. The van der Waals surface area contributed by atoms with E-state index in [-0.39, 0.29) is 17.7 Å². The molecule has 0 saturated carbocycles. The summed E-state index contributed by atoms with van der Waals surface area (Å²) in [5.41, 5.74) is -0.0807. The van der Waals surface area contributed by atoms with Gasteiger partial charge in [-0.05, 0) is 27.4 Å². The molecule has 1 aliphatic heterocycles. The number of nitrogens with zero attached hydrogens (tertiary/aromatic N) is 4. The number of aryl methyl sites for hydroxylation is 1. The second kappa shape index (κ2) is 5.71. The average Bonchev–Trinajstić information content (AvgIpc) is 2.69. The van der Waals surface area contributed by atoms with Gasteiger partial charge in [-0.2, -0.15) is 0 Å². The fourth-order valence-electron chi connectivity index (χ4n) is 2.63. The van der Waals surface area contributed by atoms with Crippen LogP contribution in [0.1, 0.15) is 13.3 Å². The van der Waals surface area contributed by atoms with Gasteiger partial charge in [0.2, 0.25) is 0 Å². The van der Waals surface area contributed by atoms with Crippen LogP contribution < -0.4 is 10.5 Å². The molecule has 0 spiro atoms. The lowest BCUT2D eigenvalue weighted by molar-refractivity contribution is 0.191. The Kier molecular flexibility index (Phi) is 4.21. The Hall–Kier alpha value is -1.40. The van der Waals surface area contributed by atoms with Gasteiger partial charge in [0.25, 0.3) is 5.56 Å². The second-order valence-corrected chi connectivity index (χ2v) is 5.30. The minimum atomic E-state index is -0.388. The van der Waals surface area contributed by atoms with E-state index in [9.17, 15) is 9.90 Å². The van der Waals surface area contributed by atoms with Crippen LogP contribution in [0.15, 0.2) is 17.2 Å². The van der Waals surface area contributed by atoms with Crippen molar-refractivity contribution < 1.29 is 5.11 Å². The number of aliphatic hydroxyl groups is 1. The van der Waals surface area contributed by atoms with Gasteiger partial charge in [0, 0.05) is 38.1 Å². The molecule has 1 aromatic rings. The van der Waals surface area contributed by atoms with Crippen molar-refractivity contribution in [3.8, 4) is 0 Å². The predicted octanol–water partition coefficient (Wildman–Crippen LogP) is -0.236. The summed E-state index contributed by atoms with van der Waals surface area (Å²) >= 11 is 0. The molecule has 19 heavy (non-hydrogen) atoms. The Balaban J connectivity index is 2.31. The molecule has 6 heteroatoms. The summed E-state index contributed by atoms with van der Waals surface area (Å²) in [5, 5.41) is 9.86. The predicted molar refractivity (Wildman–Crippen MR) is 74.5 cm³/mol. The molecule has 106 valence electrons. The van der Waals surface area contributed by atoms with Crippen LogP contribution in [-0.2, 0) is 6.54 Å². The van der Waals surface area contributed by atoms with Crippen molar-refractivity contribution in [1.82, 2.24) is 14.5 Å². The molecule has 0 aromatic carbocycles. The molecule has 1 N–H and O–H groups in total. The van der Waals surface area contributed by atoms with Crippen LogP contribution in [0.5, 0.6) is 0 Å². The van der Waals surface area contributed by atoms with Crippen LogP contribution in [0, 0.1) is 0 Å². The van der Waals surface area contributed by atoms with E-state index in [2.05, 4.69) is 9.88 Å². The van der Waals surface area contributed by atoms with Crippen molar-refractivity contribution in [3.63, 3.8) is 0 Å². The maximum Gasteiger partial charge on any atom is 0.293 e. The summed E-state index contributed by atoms with van der Waals surface area (Å²) in [7, 11) is 3.98. The number of β-amino-alcohol motifs (C(OH)–C–C–N with tert-alkyl or cyclic N) is 1. The van der Waals surface area contributed by atoms with Gasteiger partial charge >= 0.3 is 0 Å². The van der Waals surface area contributed by atoms with Crippen LogP contribution in [0.2, 0.25) is 0 Å². The first-order valence-corrected chi connectivity index (χ1v) is 6.67. The summed E-state index contributed by atoms with van der Waals surface area (Å²) in [6.45, 7) is 3.85. The van der Waals surface area contributed by atoms with Crippen molar-refractivity contribution in [3.05, 3.63) is 22.7 Å². The van der Waals surface area contributed by atoms with E-state index in [1.165, 1.54) is 0 Å². The van der Waals surface area contributed by atoms with E-state index in [1.54, 1.807) is 17.0 Å². The minimum absolute atomic E-state index is 0.0807. The Morgan fingerprint density at radius 3 is 2.89 bits per heavy atom. The first-order valence-electron chi connectivity index (χ1n) is 6.67. The molecule has 0 bridgehead atoms. The normalized spacial score (nSPS) is 23.3. The summed E-state index contributed by atoms with van der Waals surface area (Å²) in [6, 6.07) is 0.137. The molecule has 2 rings (SSSR count). The largest absolute Gasteiger partial charge is 0.391 e. The lowest BCUT2D eigenvalue weighted by atomic mass is 10.2. The summed E-state index contributed by atoms with van der Waals surface area (Å²) in [5.74, 6) is 0.452. The number of anilines is 1. The monoisotopic (exact) mass is 266 g/mol. The lowest BCUT2D eigenvalue weighted by Crippen LogP contribution is -2.41. The smallest absolute Gasteiger partial charge is 0.293 e. The van der Waals surface area contributed by atoms with E-state index >= 15 is 0 Å². The molecule has 0 aliphatic carbocycles. The van der Waals surface area contributed by atoms with E-state index < -0.39 is 0 Å². The van der Waals surface area contributed by atoms with Crippen molar-refractivity contribution in [2.24, 2.45) is 0 Å². The standard InChI is InChI=1S/C13H22N4O2/c1-4-16-6-5-14-12(13(16)19)17-9-11(18)7-10(17)8-15(2)3/h5-6,10-11,18H,4,7-9H2,1-3H3. The molecule has 1 aliphatic rings. The zero-order valence-corrected chi connectivity index (χ0v) is 11.8. The van der Waals surface area contributed by atoms with E-state index in [1.807, 2.05) is 25.9 Å². The van der Waals surface area contributed by atoms with E-state index in [4.69, 9.17) is 0 Å². The lowest BCUT2D eigenvalue weighted by Gasteiger charge is -2.27. The van der Waals surface area contributed by atoms with Crippen LogP contribution in [0.25, 0.3) is 0 Å². The van der Waals surface area contributed by atoms with Gasteiger partial charge in [-0.15, -0.1) is 0 Å². The van der Waals surface area contributed by atoms with Gasteiger partial charge < -0.3 is 19.5 Å². The molecule has 1 saturated heterocycles. The minimum Gasteiger partial charge on any atom is -0.391 e. The molecule has 2 unspecified atom stereocenters. The Labute approximate surface area is 113 Å². The Bertz CT molecular complexity index is 486. The molecular weight excluding hydrogens is 244 g/mol. The number of likely N-dealkylation sites (N-methyl/N-ethyl adjacent to an activating group) is 1. The highest BCUT2D eigenvalue weighted by molar-refractivity contribution is 5.39. The zero-order chi connectivity index (χ0) is 14.0. The zero-order valence-electron chi connectivity index (χ0n) is 11.8. The molecule has 0 amide bonds. The maximum atomic E-state index is 12.3. The third-order valence-corrected chi connectivity index (χ3v) is 3.48. The van der Waals surface area contributed by atoms with Gasteiger partial charge in [0.05, 0.1) is 6.10 Å². The first kappa shape index (κ1) is 14.0. The van der Waals surface area contributed by atoms with E-state index in [0.717, 1.165) is 6.54 Å². The van der Waals surface area contributed by atoms with Gasteiger partial charge in [-0.1, -0.05) is 0 Å². The number of aliphatic hydroxyl groups excluding tert-OH is 1. The fraction of sp³-hybridized carbons (Fsp3) is 0.692. The van der Waals surface area contributed by atoms with Crippen LogP contribution in [0.3, 0.4) is 0 Å². The number of rotatable bonds is 4. The van der Waals surface area contributed by atoms with Crippen molar-refractivity contribution in [2.75, 3.05) is 32.1 Å². The molecule has 6 nitrogen and oxygen atoms in total. The molecule has 1 fully saturated rings. The summed E-state index contributed by atoms with van der Waals surface area (Å²) < 4.78 is 1.64. The highest BCUT2D eigenvalue weighted by Gasteiger charge is 2.33. The summed E-state index contributed by atoms with van der Waals surface area (Å²) in [6.07, 6.45) is 3.64. The Morgan fingerprint density at radius 1 is 1.53 bits per heavy atom. The SMILES string of the molecule is CCn1ccnc(N2CC(O)CC2CN(C)C)c1=O.